The highest BCUT2D eigenvalue weighted by molar-refractivity contribution is 7.86. The Hall–Kier alpha value is -2.28. The standard InChI is InChI=1S/C14H12F2N2O2S/c15-9-1-4-11(5-2-9)18-14(19)8-21(20)13-7-10(16)3-6-12(13)17/h1-7H,8,17H2,(H,18,19). The van der Waals surface area contributed by atoms with E-state index in [1.54, 1.807) is 0 Å². The number of benzene rings is 2. The molecule has 0 aliphatic carbocycles. The zero-order chi connectivity index (χ0) is 15.4. The van der Waals surface area contributed by atoms with E-state index in [-0.39, 0.29) is 16.3 Å². The Morgan fingerprint density at radius 2 is 1.71 bits per heavy atom. The second-order valence-electron chi connectivity index (χ2n) is 4.23. The smallest absolute Gasteiger partial charge is 0.237 e. The Morgan fingerprint density at radius 3 is 2.38 bits per heavy atom. The van der Waals surface area contributed by atoms with E-state index in [0.717, 1.165) is 12.1 Å². The lowest BCUT2D eigenvalue weighted by Gasteiger charge is -2.07. The van der Waals surface area contributed by atoms with Crippen LogP contribution in [-0.2, 0) is 15.6 Å². The van der Waals surface area contributed by atoms with Crippen LogP contribution in [0.2, 0.25) is 0 Å². The molecule has 3 N–H and O–H groups in total. The van der Waals surface area contributed by atoms with Crippen LogP contribution < -0.4 is 11.1 Å². The second-order valence-corrected chi connectivity index (χ2v) is 5.65. The number of rotatable bonds is 4. The summed E-state index contributed by atoms with van der Waals surface area (Å²) in [4.78, 5) is 11.8. The number of hydrogen-bond donors (Lipinski definition) is 2. The van der Waals surface area contributed by atoms with Gasteiger partial charge in [0.2, 0.25) is 5.91 Å². The minimum atomic E-state index is -1.76. The van der Waals surface area contributed by atoms with E-state index in [1.807, 2.05) is 0 Å². The highest BCUT2D eigenvalue weighted by atomic mass is 32.2. The third-order valence-corrected chi connectivity index (χ3v) is 3.98. The molecule has 1 amide bonds. The van der Waals surface area contributed by atoms with Crippen molar-refractivity contribution in [3.63, 3.8) is 0 Å². The second kappa shape index (κ2) is 6.45. The zero-order valence-corrected chi connectivity index (χ0v) is 11.6. The molecule has 0 spiro atoms. The number of anilines is 2. The predicted octanol–water partition coefficient (Wildman–Crippen LogP) is 2.29. The fraction of sp³-hybridized carbons (Fsp3) is 0.0714. The number of carbonyl (C=O) groups is 1. The molecule has 0 saturated carbocycles. The van der Waals surface area contributed by atoms with Gasteiger partial charge in [-0.05, 0) is 42.5 Å². The third kappa shape index (κ3) is 4.09. The summed E-state index contributed by atoms with van der Waals surface area (Å²) < 4.78 is 37.8. The lowest BCUT2D eigenvalue weighted by molar-refractivity contribution is -0.113. The van der Waals surface area contributed by atoms with Gasteiger partial charge >= 0.3 is 0 Å². The zero-order valence-electron chi connectivity index (χ0n) is 10.8. The topological polar surface area (TPSA) is 72.2 Å². The molecule has 0 aliphatic rings. The molecule has 2 aromatic carbocycles. The first-order chi connectivity index (χ1) is 9.95. The molecule has 0 radical (unpaired) electrons. The van der Waals surface area contributed by atoms with Crippen LogP contribution in [0.4, 0.5) is 20.2 Å². The first kappa shape index (κ1) is 15.1. The quantitative estimate of drug-likeness (QED) is 0.851. The number of nitrogen functional groups attached to an aromatic ring is 1. The van der Waals surface area contributed by atoms with E-state index >= 15 is 0 Å². The predicted molar refractivity (Wildman–Crippen MR) is 77.1 cm³/mol. The van der Waals surface area contributed by atoms with Crippen molar-refractivity contribution in [3.8, 4) is 0 Å². The molecular weight excluding hydrogens is 298 g/mol. The van der Waals surface area contributed by atoms with Crippen molar-refractivity contribution in [2.24, 2.45) is 0 Å². The summed E-state index contributed by atoms with van der Waals surface area (Å²) in [7, 11) is -1.76. The van der Waals surface area contributed by atoms with Crippen LogP contribution in [0.1, 0.15) is 0 Å². The fourth-order valence-electron chi connectivity index (χ4n) is 1.63. The molecule has 1 atom stereocenters. The minimum Gasteiger partial charge on any atom is -0.398 e. The Balaban J connectivity index is 2.03. The maximum Gasteiger partial charge on any atom is 0.237 e. The van der Waals surface area contributed by atoms with Gasteiger partial charge in [0, 0.05) is 11.4 Å². The first-order valence-corrected chi connectivity index (χ1v) is 7.26. The summed E-state index contributed by atoms with van der Waals surface area (Å²) in [5.74, 6) is -1.91. The number of nitrogens with one attached hydrogen (secondary N) is 1. The van der Waals surface area contributed by atoms with Crippen LogP contribution in [0.3, 0.4) is 0 Å². The summed E-state index contributed by atoms with van der Waals surface area (Å²) in [6.45, 7) is 0. The normalized spacial score (nSPS) is 11.9. The molecule has 0 aromatic heterocycles. The van der Waals surface area contributed by atoms with Crippen LogP contribution in [0.25, 0.3) is 0 Å². The highest BCUT2D eigenvalue weighted by Gasteiger charge is 2.14. The minimum absolute atomic E-state index is 0.0734. The molecule has 2 rings (SSSR count). The highest BCUT2D eigenvalue weighted by Crippen LogP contribution is 2.18. The lowest BCUT2D eigenvalue weighted by Crippen LogP contribution is -2.20. The van der Waals surface area contributed by atoms with Crippen molar-refractivity contribution in [1.82, 2.24) is 0 Å². The number of amides is 1. The van der Waals surface area contributed by atoms with Gasteiger partial charge < -0.3 is 11.1 Å². The summed E-state index contributed by atoms with van der Waals surface area (Å²) >= 11 is 0. The Bertz CT molecular complexity index is 690. The van der Waals surface area contributed by atoms with Gasteiger partial charge in [0.15, 0.2) is 0 Å². The molecule has 2 aromatic rings. The molecule has 0 bridgehead atoms. The molecule has 4 nitrogen and oxygen atoms in total. The third-order valence-electron chi connectivity index (χ3n) is 2.61. The molecule has 110 valence electrons. The van der Waals surface area contributed by atoms with Gasteiger partial charge in [-0.3, -0.25) is 9.00 Å². The molecule has 0 fully saturated rings. The number of carbonyl (C=O) groups excluding carboxylic acids is 1. The van der Waals surface area contributed by atoms with Gasteiger partial charge in [0.25, 0.3) is 0 Å². The summed E-state index contributed by atoms with van der Waals surface area (Å²) in [6.07, 6.45) is 0. The van der Waals surface area contributed by atoms with Crippen LogP contribution >= 0.6 is 0 Å². The van der Waals surface area contributed by atoms with Gasteiger partial charge in [0.1, 0.15) is 17.4 Å². The van der Waals surface area contributed by atoms with Crippen molar-refractivity contribution in [2.45, 2.75) is 4.90 Å². The van der Waals surface area contributed by atoms with Gasteiger partial charge in [-0.15, -0.1) is 0 Å². The number of hydrogen-bond acceptors (Lipinski definition) is 3. The van der Waals surface area contributed by atoms with Gasteiger partial charge in [-0.25, -0.2) is 8.78 Å². The maximum absolute atomic E-state index is 13.1. The monoisotopic (exact) mass is 310 g/mol. The Kier molecular flexibility index (Phi) is 4.64. The molecule has 0 aliphatic heterocycles. The first-order valence-electron chi connectivity index (χ1n) is 5.94. The van der Waals surface area contributed by atoms with Crippen LogP contribution in [-0.4, -0.2) is 15.9 Å². The number of nitrogens with two attached hydrogens (primary N) is 1. The van der Waals surface area contributed by atoms with E-state index in [0.29, 0.717) is 5.69 Å². The van der Waals surface area contributed by atoms with Crippen molar-refractivity contribution in [1.29, 1.82) is 0 Å². The van der Waals surface area contributed by atoms with Gasteiger partial charge in [-0.2, -0.15) is 0 Å². The molecule has 0 heterocycles. The average Bonchev–Trinajstić information content (AvgIpc) is 2.44. The molecule has 1 unspecified atom stereocenters. The molecular formula is C14H12F2N2O2S. The van der Waals surface area contributed by atoms with E-state index in [1.165, 1.54) is 30.3 Å². The molecule has 0 saturated heterocycles. The van der Waals surface area contributed by atoms with Crippen molar-refractivity contribution < 1.29 is 17.8 Å². The Morgan fingerprint density at radius 1 is 1.10 bits per heavy atom. The fourth-order valence-corrected chi connectivity index (χ4v) is 2.67. The van der Waals surface area contributed by atoms with Crippen molar-refractivity contribution in [2.75, 3.05) is 16.8 Å². The van der Waals surface area contributed by atoms with E-state index in [4.69, 9.17) is 5.73 Å². The maximum atomic E-state index is 13.1. The van der Waals surface area contributed by atoms with E-state index < -0.39 is 28.3 Å². The van der Waals surface area contributed by atoms with Crippen LogP contribution in [0.15, 0.2) is 47.4 Å². The van der Waals surface area contributed by atoms with Crippen molar-refractivity contribution in [3.05, 3.63) is 54.1 Å². The number of halogens is 2. The molecule has 21 heavy (non-hydrogen) atoms. The van der Waals surface area contributed by atoms with Crippen LogP contribution in [0, 0.1) is 11.6 Å². The average molecular weight is 310 g/mol. The van der Waals surface area contributed by atoms with Gasteiger partial charge in [-0.1, -0.05) is 0 Å². The largest absolute Gasteiger partial charge is 0.398 e. The van der Waals surface area contributed by atoms with Gasteiger partial charge in [0.05, 0.1) is 15.7 Å². The SMILES string of the molecule is Nc1ccc(F)cc1S(=O)CC(=O)Nc1ccc(F)cc1. The molecule has 7 heteroatoms. The lowest BCUT2D eigenvalue weighted by atomic mass is 10.3. The van der Waals surface area contributed by atoms with Crippen molar-refractivity contribution >= 4 is 28.1 Å². The Labute approximate surface area is 122 Å². The summed E-state index contributed by atoms with van der Waals surface area (Å²) in [5.41, 5.74) is 6.14. The summed E-state index contributed by atoms with van der Waals surface area (Å²) in [5, 5.41) is 2.47. The van der Waals surface area contributed by atoms with E-state index in [9.17, 15) is 17.8 Å². The summed E-state index contributed by atoms with van der Waals surface area (Å²) in [6, 6.07) is 8.62. The van der Waals surface area contributed by atoms with E-state index in [2.05, 4.69) is 5.32 Å². The van der Waals surface area contributed by atoms with Crippen LogP contribution in [0.5, 0.6) is 0 Å².